The number of amides is 2. The number of halogens is 1. The minimum absolute atomic E-state index is 0.0133. The van der Waals surface area contributed by atoms with Crippen LogP contribution in [0.25, 0.3) is 0 Å². The first kappa shape index (κ1) is 29.2. The van der Waals surface area contributed by atoms with Gasteiger partial charge in [-0.25, -0.2) is 8.42 Å². The first-order chi connectivity index (χ1) is 18.0. The largest absolute Gasteiger partial charge is 0.352 e. The van der Waals surface area contributed by atoms with E-state index in [4.69, 9.17) is 11.6 Å². The van der Waals surface area contributed by atoms with Crippen molar-refractivity contribution in [1.29, 1.82) is 0 Å². The third-order valence-electron chi connectivity index (χ3n) is 6.15. The minimum atomic E-state index is -4.13. The summed E-state index contributed by atoms with van der Waals surface area (Å²) in [5, 5.41) is 3.26. The molecule has 1 atom stereocenters. The number of carbonyl (C=O) groups is 2. The maximum absolute atomic E-state index is 13.8. The number of carbonyl (C=O) groups excluding carboxylic acids is 2. The van der Waals surface area contributed by atoms with Crippen LogP contribution in [0.3, 0.4) is 0 Å². The Morgan fingerprint density at radius 3 is 2.11 bits per heavy atom. The summed E-state index contributed by atoms with van der Waals surface area (Å²) in [7, 11) is -4.13. The van der Waals surface area contributed by atoms with Crippen molar-refractivity contribution >= 4 is 39.1 Å². The van der Waals surface area contributed by atoms with Gasteiger partial charge in [0.2, 0.25) is 11.8 Å². The molecule has 0 radical (unpaired) electrons. The molecule has 0 aliphatic carbocycles. The Morgan fingerprint density at radius 1 is 0.895 bits per heavy atom. The lowest BCUT2D eigenvalue weighted by atomic mass is 10.1. The molecule has 0 spiro atoms. The summed E-state index contributed by atoms with van der Waals surface area (Å²) < 4.78 is 28.7. The minimum Gasteiger partial charge on any atom is -0.352 e. The van der Waals surface area contributed by atoms with Crippen LogP contribution in [0.4, 0.5) is 5.69 Å². The Morgan fingerprint density at radius 2 is 1.50 bits per heavy atom. The molecule has 3 rings (SSSR count). The lowest BCUT2D eigenvalue weighted by molar-refractivity contribution is -0.139. The number of rotatable bonds is 11. The van der Waals surface area contributed by atoms with Crippen LogP contribution in [0.1, 0.15) is 31.9 Å². The van der Waals surface area contributed by atoms with Crippen LogP contribution in [0, 0.1) is 6.92 Å². The van der Waals surface area contributed by atoms with Gasteiger partial charge in [-0.3, -0.25) is 13.9 Å². The number of nitrogens with one attached hydrogen (secondary N) is 1. The average molecular weight is 556 g/mol. The topological polar surface area (TPSA) is 86.8 Å². The second kappa shape index (κ2) is 12.9. The second-order valence-electron chi connectivity index (χ2n) is 9.41. The van der Waals surface area contributed by atoms with E-state index < -0.39 is 28.5 Å². The van der Waals surface area contributed by atoms with Gasteiger partial charge in [0.15, 0.2) is 0 Å². The molecule has 1 N–H and O–H groups in total. The summed E-state index contributed by atoms with van der Waals surface area (Å²) >= 11 is 5.99. The molecule has 0 unspecified atom stereocenters. The van der Waals surface area contributed by atoms with Crippen molar-refractivity contribution in [1.82, 2.24) is 10.2 Å². The van der Waals surface area contributed by atoms with Gasteiger partial charge < -0.3 is 10.2 Å². The SMILES string of the molecule is Cc1ccccc1N(CC(=O)N(CCc1ccccc1)[C@H](C)C(=O)NC(C)C)S(=O)(=O)c1ccc(Cl)cc1. The fourth-order valence-corrected chi connectivity index (χ4v) is 5.67. The van der Waals surface area contributed by atoms with E-state index in [1.807, 2.05) is 44.2 Å². The summed E-state index contributed by atoms with van der Waals surface area (Å²) in [5.41, 5.74) is 2.09. The Hall–Kier alpha value is -3.36. The van der Waals surface area contributed by atoms with Crippen LogP contribution in [-0.2, 0) is 26.0 Å². The van der Waals surface area contributed by atoms with Gasteiger partial charge in [0.25, 0.3) is 10.0 Å². The van der Waals surface area contributed by atoms with Gasteiger partial charge in [-0.05, 0) is 75.6 Å². The number of benzene rings is 3. The van der Waals surface area contributed by atoms with Gasteiger partial charge in [0, 0.05) is 17.6 Å². The molecule has 0 fully saturated rings. The summed E-state index contributed by atoms with van der Waals surface area (Å²) in [5.74, 6) is -0.780. The lowest BCUT2D eigenvalue weighted by Gasteiger charge is -2.32. The molecule has 0 bridgehead atoms. The highest BCUT2D eigenvalue weighted by Crippen LogP contribution is 2.28. The fourth-order valence-electron chi connectivity index (χ4n) is 4.07. The smallest absolute Gasteiger partial charge is 0.264 e. The van der Waals surface area contributed by atoms with E-state index in [0.717, 1.165) is 9.87 Å². The van der Waals surface area contributed by atoms with Crippen molar-refractivity contribution in [3.8, 4) is 0 Å². The van der Waals surface area contributed by atoms with Crippen molar-refractivity contribution in [3.05, 3.63) is 95.0 Å². The Labute approximate surface area is 230 Å². The number of anilines is 1. The summed E-state index contributed by atoms with van der Waals surface area (Å²) in [6.07, 6.45) is 0.514. The predicted octanol–water partition coefficient (Wildman–Crippen LogP) is 4.83. The summed E-state index contributed by atoms with van der Waals surface area (Å²) in [6, 6.07) is 21.5. The molecule has 0 heterocycles. The monoisotopic (exact) mass is 555 g/mol. The summed E-state index contributed by atoms with van der Waals surface area (Å²) in [4.78, 5) is 28.2. The van der Waals surface area contributed by atoms with Crippen LogP contribution in [0.15, 0.2) is 83.8 Å². The van der Waals surface area contributed by atoms with Crippen LogP contribution >= 0.6 is 11.6 Å². The highest BCUT2D eigenvalue weighted by molar-refractivity contribution is 7.92. The molecule has 0 saturated heterocycles. The van der Waals surface area contributed by atoms with Crippen molar-refractivity contribution < 1.29 is 18.0 Å². The molecule has 0 saturated carbocycles. The van der Waals surface area contributed by atoms with Gasteiger partial charge in [0.05, 0.1) is 10.6 Å². The number of para-hydroxylation sites is 1. The molecule has 3 aromatic rings. The van der Waals surface area contributed by atoms with E-state index in [0.29, 0.717) is 22.7 Å². The van der Waals surface area contributed by atoms with E-state index in [9.17, 15) is 18.0 Å². The van der Waals surface area contributed by atoms with Gasteiger partial charge in [-0.1, -0.05) is 60.1 Å². The molecular formula is C29H34ClN3O4S. The van der Waals surface area contributed by atoms with Crippen LogP contribution in [-0.4, -0.2) is 50.3 Å². The van der Waals surface area contributed by atoms with Crippen molar-refractivity contribution in [2.45, 2.75) is 51.1 Å². The molecular weight excluding hydrogens is 522 g/mol. The molecule has 3 aromatic carbocycles. The Kier molecular flexibility index (Phi) is 9.94. The number of hydrogen-bond acceptors (Lipinski definition) is 4. The summed E-state index contributed by atoms with van der Waals surface area (Å²) in [6.45, 7) is 6.92. The number of sulfonamides is 1. The number of aryl methyl sites for hydroxylation is 1. The molecule has 0 aliphatic rings. The number of hydrogen-bond donors (Lipinski definition) is 1. The van der Waals surface area contributed by atoms with Gasteiger partial charge in [-0.2, -0.15) is 0 Å². The van der Waals surface area contributed by atoms with E-state index in [-0.39, 0.29) is 23.4 Å². The highest BCUT2D eigenvalue weighted by atomic mass is 35.5. The van der Waals surface area contributed by atoms with Crippen molar-refractivity contribution in [2.75, 3.05) is 17.4 Å². The van der Waals surface area contributed by atoms with E-state index in [1.165, 1.54) is 29.2 Å². The number of nitrogens with zero attached hydrogens (tertiary/aromatic N) is 2. The third kappa shape index (κ3) is 7.36. The van der Waals surface area contributed by atoms with Crippen LogP contribution in [0.5, 0.6) is 0 Å². The fraction of sp³-hybridized carbons (Fsp3) is 0.310. The third-order valence-corrected chi connectivity index (χ3v) is 8.17. The average Bonchev–Trinajstić information content (AvgIpc) is 2.88. The molecule has 7 nitrogen and oxygen atoms in total. The van der Waals surface area contributed by atoms with E-state index in [2.05, 4.69) is 5.32 Å². The second-order valence-corrected chi connectivity index (χ2v) is 11.7. The predicted molar refractivity (Wildman–Crippen MR) is 152 cm³/mol. The van der Waals surface area contributed by atoms with Crippen LogP contribution in [0.2, 0.25) is 5.02 Å². The van der Waals surface area contributed by atoms with Crippen LogP contribution < -0.4 is 9.62 Å². The molecule has 202 valence electrons. The molecule has 38 heavy (non-hydrogen) atoms. The highest BCUT2D eigenvalue weighted by Gasteiger charge is 2.33. The standard InChI is InChI=1S/C29H34ClN3O4S/c1-21(2)31-29(35)23(4)32(19-18-24-11-6-5-7-12-24)28(34)20-33(27-13-9-8-10-22(27)3)38(36,37)26-16-14-25(30)15-17-26/h5-17,21,23H,18-20H2,1-4H3,(H,31,35)/t23-/m1/s1. The molecule has 2 amide bonds. The molecule has 0 aliphatic heterocycles. The first-order valence-corrected chi connectivity index (χ1v) is 14.3. The normalized spacial score (nSPS) is 12.2. The zero-order valence-electron chi connectivity index (χ0n) is 22.1. The maximum atomic E-state index is 13.8. The first-order valence-electron chi connectivity index (χ1n) is 12.5. The Bertz CT molecular complexity index is 1350. The zero-order chi connectivity index (χ0) is 27.9. The molecule has 0 aromatic heterocycles. The van der Waals surface area contributed by atoms with Crippen molar-refractivity contribution in [2.24, 2.45) is 0 Å². The van der Waals surface area contributed by atoms with E-state index >= 15 is 0 Å². The maximum Gasteiger partial charge on any atom is 0.264 e. The quantitative estimate of drug-likeness (QED) is 0.367. The Balaban J connectivity index is 1.99. The molecule has 9 heteroatoms. The lowest BCUT2D eigenvalue weighted by Crippen LogP contribution is -2.53. The van der Waals surface area contributed by atoms with Gasteiger partial charge in [0.1, 0.15) is 12.6 Å². The van der Waals surface area contributed by atoms with Gasteiger partial charge in [-0.15, -0.1) is 0 Å². The van der Waals surface area contributed by atoms with Crippen molar-refractivity contribution in [3.63, 3.8) is 0 Å². The zero-order valence-corrected chi connectivity index (χ0v) is 23.7. The van der Waals surface area contributed by atoms with Gasteiger partial charge >= 0.3 is 0 Å². The van der Waals surface area contributed by atoms with E-state index in [1.54, 1.807) is 38.1 Å².